The normalized spacial score (nSPS) is 10.7. The van der Waals surface area contributed by atoms with Crippen LogP contribution in [0.5, 0.6) is 11.5 Å². The Kier molecular flexibility index (Phi) is 7.33. The summed E-state index contributed by atoms with van der Waals surface area (Å²) in [6.07, 6.45) is -0.0962. The van der Waals surface area contributed by atoms with Gasteiger partial charge < -0.3 is 9.47 Å². The fourth-order valence-electron chi connectivity index (χ4n) is 2.73. The summed E-state index contributed by atoms with van der Waals surface area (Å²) in [5.41, 5.74) is 5.05. The van der Waals surface area contributed by atoms with E-state index in [2.05, 4.69) is 42.7 Å². The van der Waals surface area contributed by atoms with Gasteiger partial charge in [0.15, 0.2) is 6.61 Å². The molecule has 30 heavy (non-hydrogen) atoms. The van der Waals surface area contributed by atoms with E-state index < -0.39 is 11.8 Å². The molecule has 0 aliphatic carbocycles. The Bertz CT molecular complexity index is 1090. The quantitative estimate of drug-likeness (QED) is 0.436. The second kappa shape index (κ2) is 9.95. The maximum Gasteiger partial charge on any atom is 0.276 e. The monoisotopic (exact) mass is 534 g/mol. The third kappa shape index (κ3) is 5.52. The van der Waals surface area contributed by atoms with E-state index in [-0.39, 0.29) is 12.7 Å². The van der Waals surface area contributed by atoms with Crippen LogP contribution < -0.4 is 20.3 Å². The average molecular weight is 536 g/mol. The molecule has 0 saturated carbocycles. The highest BCUT2D eigenvalue weighted by atomic mass is 79.9. The van der Waals surface area contributed by atoms with Crippen LogP contribution in [-0.2, 0) is 4.79 Å². The molecule has 3 aromatic carbocycles. The van der Waals surface area contributed by atoms with Gasteiger partial charge in [0.25, 0.3) is 11.8 Å². The van der Waals surface area contributed by atoms with Gasteiger partial charge in [-0.2, -0.15) is 0 Å². The van der Waals surface area contributed by atoms with Gasteiger partial charge >= 0.3 is 0 Å². The highest BCUT2D eigenvalue weighted by molar-refractivity contribution is 9.11. The standard InChI is InChI=1S/C22H20Br2N2O4/c1-13(2)30-18-10-8-15(23)11-17(18)22(28)26-25-20(27)12-29-19-9-7-14-5-3-4-6-16(14)21(19)24/h3-11,13H,12H2,1-2H3,(H,25,27)(H,26,28). The van der Waals surface area contributed by atoms with Gasteiger partial charge in [-0.3, -0.25) is 20.4 Å². The minimum atomic E-state index is -0.496. The maximum atomic E-state index is 12.5. The molecular formula is C22H20Br2N2O4. The van der Waals surface area contributed by atoms with Gasteiger partial charge in [-0.15, -0.1) is 0 Å². The predicted octanol–water partition coefficient (Wildman–Crippen LogP) is 4.99. The summed E-state index contributed by atoms with van der Waals surface area (Å²) in [4.78, 5) is 24.7. The molecule has 0 fully saturated rings. The number of nitrogens with one attached hydrogen (secondary N) is 2. The molecule has 156 valence electrons. The highest BCUT2D eigenvalue weighted by Crippen LogP contribution is 2.33. The second-order valence-corrected chi connectivity index (χ2v) is 8.41. The summed E-state index contributed by atoms with van der Waals surface area (Å²) >= 11 is 6.85. The van der Waals surface area contributed by atoms with E-state index in [4.69, 9.17) is 9.47 Å². The number of hydrogen-bond acceptors (Lipinski definition) is 4. The molecule has 0 heterocycles. The van der Waals surface area contributed by atoms with E-state index in [9.17, 15) is 9.59 Å². The molecule has 0 aromatic heterocycles. The molecule has 0 atom stereocenters. The number of ether oxygens (including phenoxy) is 2. The number of hydrogen-bond donors (Lipinski definition) is 2. The van der Waals surface area contributed by atoms with Crippen LogP contribution in [0.25, 0.3) is 10.8 Å². The molecule has 0 aliphatic rings. The molecule has 0 spiro atoms. The number of fused-ring (bicyclic) bond motifs is 1. The van der Waals surface area contributed by atoms with E-state index in [1.54, 1.807) is 24.3 Å². The SMILES string of the molecule is CC(C)Oc1ccc(Br)cc1C(=O)NNC(=O)COc1ccc2ccccc2c1Br. The van der Waals surface area contributed by atoms with Gasteiger partial charge in [0.1, 0.15) is 11.5 Å². The maximum absolute atomic E-state index is 12.5. The number of carbonyl (C=O) groups is 2. The van der Waals surface area contributed by atoms with Crippen LogP contribution in [0, 0.1) is 0 Å². The summed E-state index contributed by atoms with van der Waals surface area (Å²) < 4.78 is 12.7. The second-order valence-electron chi connectivity index (χ2n) is 6.70. The number of carbonyl (C=O) groups excluding carboxylic acids is 2. The molecule has 8 heteroatoms. The van der Waals surface area contributed by atoms with Crippen molar-refractivity contribution in [2.24, 2.45) is 0 Å². The van der Waals surface area contributed by atoms with E-state index in [1.807, 2.05) is 44.2 Å². The molecule has 0 unspecified atom stereocenters. The third-order valence-electron chi connectivity index (χ3n) is 4.05. The Hall–Kier alpha value is -2.58. The first kappa shape index (κ1) is 22.1. The van der Waals surface area contributed by atoms with Crippen molar-refractivity contribution in [2.75, 3.05) is 6.61 Å². The van der Waals surface area contributed by atoms with Crippen molar-refractivity contribution >= 4 is 54.4 Å². The fraction of sp³-hybridized carbons (Fsp3) is 0.182. The molecule has 0 saturated heterocycles. The predicted molar refractivity (Wildman–Crippen MR) is 123 cm³/mol. The molecule has 0 radical (unpaired) electrons. The molecule has 0 aliphatic heterocycles. The van der Waals surface area contributed by atoms with Crippen molar-refractivity contribution < 1.29 is 19.1 Å². The number of benzene rings is 3. The highest BCUT2D eigenvalue weighted by Gasteiger charge is 2.16. The zero-order valence-corrected chi connectivity index (χ0v) is 19.5. The summed E-state index contributed by atoms with van der Waals surface area (Å²) in [7, 11) is 0. The molecule has 3 aromatic rings. The Morgan fingerprint density at radius 3 is 2.47 bits per heavy atom. The van der Waals surface area contributed by atoms with Crippen LogP contribution >= 0.6 is 31.9 Å². The minimum Gasteiger partial charge on any atom is -0.490 e. The van der Waals surface area contributed by atoms with Crippen LogP contribution in [0.2, 0.25) is 0 Å². The lowest BCUT2D eigenvalue weighted by atomic mass is 10.1. The molecular weight excluding hydrogens is 516 g/mol. The first-order valence-electron chi connectivity index (χ1n) is 9.20. The Morgan fingerprint density at radius 1 is 0.967 bits per heavy atom. The molecule has 2 amide bonds. The van der Waals surface area contributed by atoms with Gasteiger partial charge in [0.05, 0.1) is 16.1 Å². The smallest absolute Gasteiger partial charge is 0.276 e. The third-order valence-corrected chi connectivity index (χ3v) is 5.36. The number of rotatable bonds is 6. The summed E-state index contributed by atoms with van der Waals surface area (Å²) in [6.45, 7) is 3.48. The van der Waals surface area contributed by atoms with Gasteiger partial charge in [-0.25, -0.2) is 0 Å². The molecule has 0 bridgehead atoms. The first-order valence-corrected chi connectivity index (χ1v) is 10.8. The van der Waals surface area contributed by atoms with Gasteiger partial charge in [-0.05, 0) is 64.8 Å². The van der Waals surface area contributed by atoms with Crippen LogP contribution in [0.1, 0.15) is 24.2 Å². The number of halogens is 2. The fourth-order valence-corrected chi connectivity index (χ4v) is 3.70. The Morgan fingerprint density at radius 2 is 1.70 bits per heavy atom. The van der Waals surface area contributed by atoms with Crippen LogP contribution in [0.4, 0.5) is 0 Å². The van der Waals surface area contributed by atoms with Gasteiger partial charge in [0.2, 0.25) is 0 Å². The van der Waals surface area contributed by atoms with E-state index in [1.165, 1.54) is 0 Å². The van der Waals surface area contributed by atoms with Crippen LogP contribution in [0.3, 0.4) is 0 Å². The lowest BCUT2D eigenvalue weighted by Gasteiger charge is -2.15. The molecule has 2 N–H and O–H groups in total. The van der Waals surface area contributed by atoms with Crippen molar-refractivity contribution in [1.29, 1.82) is 0 Å². The van der Waals surface area contributed by atoms with E-state index in [0.717, 1.165) is 19.7 Å². The lowest BCUT2D eigenvalue weighted by Crippen LogP contribution is -2.44. The Balaban J connectivity index is 1.59. The number of hydrazine groups is 1. The largest absolute Gasteiger partial charge is 0.490 e. The summed E-state index contributed by atoms with van der Waals surface area (Å²) in [6, 6.07) is 16.6. The molecule has 3 rings (SSSR count). The number of amides is 2. The molecule has 6 nitrogen and oxygen atoms in total. The van der Waals surface area contributed by atoms with Crippen molar-refractivity contribution in [3.05, 3.63) is 69.1 Å². The van der Waals surface area contributed by atoms with Crippen LogP contribution in [-0.4, -0.2) is 24.5 Å². The van der Waals surface area contributed by atoms with Crippen molar-refractivity contribution in [1.82, 2.24) is 10.9 Å². The van der Waals surface area contributed by atoms with Gasteiger partial charge in [-0.1, -0.05) is 46.3 Å². The Labute approximate surface area is 191 Å². The summed E-state index contributed by atoms with van der Waals surface area (Å²) in [5, 5.41) is 2.04. The summed E-state index contributed by atoms with van der Waals surface area (Å²) in [5.74, 6) is -0.0250. The first-order chi connectivity index (χ1) is 14.3. The lowest BCUT2D eigenvalue weighted by molar-refractivity contribution is -0.123. The topological polar surface area (TPSA) is 76.7 Å². The van der Waals surface area contributed by atoms with Crippen molar-refractivity contribution in [3.8, 4) is 11.5 Å². The minimum absolute atomic E-state index is 0.0962. The van der Waals surface area contributed by atoms with E-state index in [0.29, 0.717) is 17.1 Å². The zero-order chi connectivity index (χ0) is 21.7. The zero-order valence-electron chi connectivity index (χ0n) is 16.4. The van der Waals surface area contributed by atoms with E-state index >= 15 is 0 Å². The average Bonchev–Trinajstić information content (AvgIpc) is 2.72. The van der Waals surface area contributed by atoms with Crippen molar-refractivity contribution in [2.45, 2.75) is 20.0 Å². The van der Waals surface area contributed by atoms with Crippen molar-refractivity contribution in [3.63, 3.8) is 0 Å². The van der Waals surface area contributed by atoms with Crippen LogP contribution in [0.15, 0.2) is 63.5 Å². The van der Waals surface area contributed by atoms with Gasteiger partial charge in [0, 0.05) is 4.47 Å².